The molecule has 0 aliphatic carbocycles. The first kappa shape index (κ1) is 17.9. The van der Waals surface area contributed by atoms with Crippen LogP contribution in [0, 0.1) is 6.92 Å². The summed E-state index contributed by atoms with van der Waals surface area (Å²) >= 11 is 6.41. The molecule has 1 N–H and O–H groups in total. The SMILES string of the molecule is CCOc1c(OC)ccc2c1CCNC2c1cc(C)cc(Cl)c1OC. The molecule has 2 aromatic carbocycles. The third-order valence-corrected chi connectivity index (χ3v) is 4.82. The molecule has 1 aliphatic rings. The Hall–Kier alpha value is -1.91. The topological polar surface area (TPSA) is 39.7 Å². The number of fused-ring (bicyclic) bond motifs is 1. The lowest BCUT2D eigenvalue weighted by Gasteiger charge is -2.30. The van der Waals surface area contributed by atoms with Gasteiger partial charge in [0.25, 0.3) is 0 Å². The number of ether oxygens (including phenoxy) is 3. The fourth-order valence-electron chi connectivity index (χ4n) is 3.53. The molecule has 1 aliphatic heterocycles. The molecule has 4 nitrogen and oxygen atoms in total. The molecule has 0 saturated carbocycles. The van der Waals surface area contributed by atoms with Crippen molar-refractivity contribution in [1.82, 2.24) is 5.32 Å². The minimum atomic E-state index is 0.00112. The Kier molecular flexibility index (Phi) is 5.40. The minimum absolute atomic E-state index is 0.00112. The van der Waals surface area contributed by atoms with E-state index in [1.54, 1.807) is 14.2 Å². The standard InChI is InChI=1S/C20H24ClNO3/c1-5-25-20-14-8-9-22-18(13(14)6-7-17(20)23-3)15-10-12(2)11-16(21)19(15)24-4/h6-7,10-11,18,22H,5,8-9H2,1-4H3. The van der Waals surface area contributed by atoms with E-state index in [-0.39, 0.29) is 6.04 Å². The summed E-state index contributed by atoms with van der Waals surface area (Å²) in [7, 11) is 3.33. The van der Waals surface area contributed by atoms with Crippen molar-refractivity contribution in [2.45, 2.75) is 26.3 Å². The van der Waals surface area contributed by atoms with Gasteiger partial charge in [0, 0.05) is 17.7 Å². The number of methoxy groups -OCH3 is 2. The molecule has 2 aromatic rings. The zero-order valence-corrected chi connectivity index (χ0v) is 15.9. The van der Waals surface area contributed by atoms with E-state index in [9.17, 15) is 0 Å². The Morgan fingerprint density at radius 1 is 1.12 bits per heavy atom. The lowest BCUT2D eigenvalue weighted by molar-refractivity contribution is 0.305. The molecule has 0 aromatic heterocycles. The second-order valence-corrected chi connectivity index (χ2v) is 6.51. The smallest absolute Gasteiger partial charge is 0.164 e. The van der Waals surface area contributed by atoms with Crippen LogP contribution in [0.15, 0.2) is 24.3 Å². The first-order chi connectivity index (χ1) is 12.1. The summed E-state index contributed by atoms with van der Waals surface area (Å²) in [6.45, 7) is 5.48. The van der Waals surface area contributed by atoms with Crippen LogP contribution >= 0.6 is 11.6 Å². The van der Waals surface area contributed by atoms with Gasteiger partial charge in [0.05, 0.1) is 31.9 Å². The molecule has 134 valence electrons. The molecule has 0 fully saturated rings. The van der Waals surface area contributed by atoms with Gasteiger partial charge >= 0.3 is 0 Å². The summed E-state index contributed by atoms with van der Waals surface area (Å²) in [5.41, 5.74) is 4.51. The van der Waals surface area contributed by atoms with Gasteiger partial charge in [0.2, 0.25) is 0 Å². The van der Waals surface area contributed by atoms with E-state index < -0.39 is 0 Å². The normalized spacial score (nSPS) is 16.3. The third-order valence-electron chi connectivity index (χ3n) is 4.54. The van der Waals surface area contributed by atoms with E-state index >= 15 is 0 Å². The lowest BCUT2D eigenvalue weighted by atomic mass is 9.88. The molecule has 1 unspecified atom stereocenters. The average molecular weight is 362 g/mol. The number of hydrogen-bond donors (Lipinski definition) is 1. The number of benzene rings is 2. The van der Waals surface area contributed by atoms with Crippen LogP contribution in [-0.4, -0.2) is 27.4 Å². The van der Waals surface area contributed by atoms with E-state index in [4.69, 9.17) is 25.8 Å². The lowest BCUT2D eigenvalue weighted by Crippen LogP contribution is -2.31. The van der Waals surface area contributed by atoms with Crippen molar-refractivity contribution < 1.29 is 14.2 Å². The van der Waals surface area contributed by atoms with Gasteiger partial charge in [0.1, 0.15) is 5.75 Å². The number of aryl methyl sites for hydroxylation is 1. The highest BCUT2D eigenvalue weighted by Crippen LogP contribution is 2.43. The van der Waals surface area contributed by atoms with Gasteiger partial charge in [-0.2, -0.15) is 0 Å². The van der Waals surface area contributed by atoms with Gasteiger partial charge in [-0.3, -0.25) is 0 Å². The van der Waals surface area contributed by atoms with Crippen LogP contribution < -0.4 is 19.5 Å². The molecule has 0 saturated heterocycles. The largest absolute Gasteiger partial charge is 0.495 e. The van der Waals surface area contributed by atoms with Gasteiger partial charge in [-0.15, -0.1) is 0 Å². The van der Waals surface area contributed by atoms with E-state index in [1.165, 1.54) is 11.1 Å². The zero-order valence-electron chi connectivity index (χ0n) is 15.1. The summed E-state index contributed by atoms with van der Waals surface area (Å²) in [5.74, 6) is 2.33. The Morgan fingerprint density at radius 3 is 2.60 bits per heavy atom. The average Bonchev–Trinajstić information content (AvgIpc) is 2.61. The Morgan fingerprint density at radius 2 is 1.92 bits per heavy atom. The summed E-state index contributed by atoms with van der Waals surface area (Å²) < 4.78 is 17.0. The number of nitrogens with one attached hydrogen (secondary N) is 1. The van der Waals surface area contributed by atoms with Crippen molar-refractivity contribution in [2.75, 3.05) is 27.4 Å². The highest BCUT2D eigenvalue weighted by molar-refractivity contribution is 6.32. The van der Waals surface area contributed by atoms with Gasteiger partial charge in [-0.1, -0.05) is 23.7 Å². The molecule has 0 bridgehead atoms. The number of hydrogen-bond acceptors (Lipinski definition) is 4. The Balaban J connectivity index is 2.16. The first-order valence-corrected chi connectivity index (χ1v) is 8.88. The molecule has 5 heteroatoms. The van der Waals surface area contributed by atoms with E-state index in [2.05, 4.69) is 17.4 Å². The van der Waals surface area contributed by atoms with E-state index in [1.807, 2.05) is 26.0 Å². The number of halogens is 1. The van der Waals surface area contributed by atoms with Crippen molar-refractivity contribution in [1.29, 1.82) is 0 Å². The predicted octanol–water partition coefficient (Wildman–Crippen LogP) is 4.30. The Labute approximate surface area is 154 Å². The van der Waals surface area contributed by atoms with Crippen LogP contribution in [0.2, 0.25) is 5.02 Å². The van der Waals surface area contributed by atoms with Gasteiger partial charge in [-0.05, 0) is 43.5 Å². The van der Waals surface area contributed by atoms with E-state index in [0.29, 0.717) is 17.4 Å². The molecule has 1 atom stereocenters. The predicted molar refractivity (Wildman–Crippen MR) is 100 cm³/mol. The van der Waals surface area contributed by atoms with Crippen LogP contribution in [-0.2, 0) is 6.42 Å². The van der Waals surface area contributed by atoms with Gasteiger partial charge < -0.3 is 19.5 Å². The minimum Gasteiger partial charge on any atom is -0.495 e. The second-order valence-electron chi connectivity index (χ2n) is 6.10. The molecule has 1 heterocycles. The fourth-order valence-corrected chi connectivity index (χ4v) is 3.89. The maximum absolute atomic E-state index is 6.41. The van der Waals surface area contributed by atoms with E-state index in [0.717, 1.165) is 35.6 Å². The van der Waals surface area contributed by atoms with Crippen LogP contribution in [0.1, 0.15) is 35.2 Å². The molecular weight excluding hydrogens is 338 g/mol. The number of rotatable bonds is 5. The highest BCUT2D eigenvalue weighted by Gasteiger charge is 2.28. The van der Waals surface area contributed by atoms with Crippen molar-refractivity contribution in [3.63, 3.8) is 0 Å². The van der Waals surface area contributed by atoms with Crippen molar-refractivity contribution in [3.8, 4) is 17.2 Å². The first-order valence-electron chi connectivity index (χ1n) is 8.50. The summed E-state index contributed by atoms with van der Waals surface area (Å²) in [6.07, 6.45) is 0.889. The summed E-state index contributed by atoms with van der Waals surface area (Å²) in [5, 5.41) is 4.22. The quantitative estimate of drug-likeness (QED) is 0.861. The van der Waals surface area contributed by atoms with Crippen LogP contribution in [0.25, 0.3) is 0 Å². The van der Waals surface area contributed by atoms with Crippen LogP contribution in [0.5, 0.6) is 17.2 Å². The van der Waals surface area contributed by atoms with Crippen molar-refractivity contribution in [3.05, 3.63) is 51.5 Å². The summed E-state index contributed by atoms with van der Waals surface area (Å²) in [4.78, 5) is 0. The second kappa shape index (κ2) is 7.54. The molecule has 0 amide bonds. The van der Waals surface area contributed by atoms with Crippen molar-refractivity contribution in [2.24, 2.45) is 0 Å². The molecule has 0 spiro atoms. The highest BCUT2D eigenvalue weighted by atomic mass is 35.5. The van der Waals surface area contributed by atoms with Crippen LogP contribution in [0.4, 0.5) is 0 Å². The van der Waals surface area contributed by atoms with Gasteiger partial charge in [-0.25, -0.2) is 0 Å². The van der Waals surface area contributed by atoms with Crippen molar-refractivity contribution >= 4 is 11.6 Å². The van der Waals surface area contributed by atoms with Gasteiger partial charge in [0.15, 0.2) is 11.5 Å². The monoisotopic (exact) mass is 361 g/mol. The van der Waals surface area contributed by atoms with Crippen LogP contribution in [0.3, 0.4) is 0 Å². The fraction of sp³-hybridized carbons (Fsp3) is 0.400. The third kappa shape index (κ3) is 3.29. The maximum atomic E-state index is 6.41. The molecular formula is C20H24ClNO3. The maximum Gasteiger partial charge on any atom is 0.164 e. The molecule has 25 heavy (non-hydrogen) atoms. The summed E-state index contributed by atoms with van der Waals surface area (Å²) in [6, 6.07) is 8.12. The Bertz CT molecular complexity index is 776. The molecule has 3 rings (SSSR count). The zero-order chi connectivity index (χ0) is 18.0. The molecule has 0 radical (unpaired) electrons.